The van der Waals surface area contributed by atoms with E-state index in [1.165, 1.54) is 0 Å². The number of hydrogen-bond donors (Lipinski definition) is 0. The van der Waals surface area contributed by atoms with Crippen molar-refractivity contribution in [2.24, 2.45) is 0 Å². The molecule has 0 aliphatic carbocycles. The summed E-state index contributed by atoms with van der Waals surface area (Å²) < 4.78 is 0. The molecule has 0 saturated carbocycles. The molecule has 0 N–H and O–H groups in total. The Hall–Kier alpha value is -1.15. The first-order valence-corrected chi connectivity index (χ1v) is 4.92. The zero-order chi connectivity index (χ0) is 10.6. The average Bonchev–Trinajstić information content (AvgIpc) is 2.19. The van der Waals surface area contributed by atoms with Crippen LogP contribution in [-0.4, -0.2) is 30.8 Å². The molecule has 0 radical (unpaired) electrons. The number of carbonyl (C=O) groups excluding carboxylic acids is 1. The van der Waals surface area contributed by atoms with Crippen molar-refractivity contribution in [2.75, 3.05) is 14.1 Å². The third kappa shape index (κ3) is 2.42. The number of Topliss-reactive ketones (excluding diaryl/α,β-unsaturated/α-hetero) is 1. The minimum atomic E-state index is -0.00241. The lowest BCUT2D eigenvalue weighted by Gasteiger charge is -2.21. The lowest BCUT2D eigenvalue weighted by atomic mass is 10.0. The summed E-state index contributed by atoms with van der Waals surface area (Å²) >= 11 is 0. The van der Waals surface area contributed by atoms with Crippen molar-refractivity contribution in [3.8, 4) is 0 Å². The second-order valence-corrected chi connectivity index (χ2v) is 3.62. The van der Waals surface area contributed by atoms with E-state index in [9.17, 15) is 4.79 Å². The maximum atomic E-state index is 12.0. The van der Waals surface area contributed by atoms with E-state index in [0.29, 0.717) is 0 Å². The van der Waals surface area contributed by atoms with Gasteiger partial charge < -0.3 is 0 Å². The molecule has 0 aliphatic rings. The van der Waals surface area contributed by atoms with Gasteiger partial charge in [-0.3, -0.25) is 9.69 Å². The lowest BCUT2D eigenvalue weighted by Crippen LogP contribution is -2.35. The summed E-state index contributed by atoms with van der Waals surface area (Å²) in [4.78, 5) is 13.9. The van der Waals surface area contributed by atoms with Crippen molar-refractivity contribution in [1.82, 2.24) is 4.90 Å². The van der Waals surface area contributed by atoms with E-state index >= 15 is 0 Å². The minimum absolute atomic E-state index is 0.00241. The fourth-order valence-corrected chi connectivity index (χ4v) is 1.58. The van der Waals surface area contributed by atoms with Gasteiger partial charge in [-0.1, -0.05) is 37.3 Å². The molecule has 0 saturated heterocycles. The van der Waals surface area contributed by atoms with Crippen LogP contribution in [0, 0.1) is 0 Å². The van der Waals surface area contributed by atoms with Crippen LogP contribution in [0.5, 0.6) is 0 Å². The number of likely N-dealkylation sites (N-methyl/N-ethyl adjacent to an activating group) is 1. The van der Waals surface area contributed by atoms with Crippen LogP contribution in [0.1, 0.15) is 23.7 Å². The predicted molar refractivity (Wildman–Crippen MR) is 58.5 cm³/mol. The number of nitrogens with zero attached hydrogens (tertiary/aromatic N) is 1. The van der Waals surface area contributed by atoms with Gasteiger partial charge in [-0.05, 0) is 20.5 Å². The van der Waals surface area contributed by atoms with Gasteiger partial charge in [0.05, 0.1) is 6.04 Å². The molecule has 0 heterocycles. The summed E-state index contributed by atoms with van der Waals surface area (Å²) in [6, 6.07) is 9.46. The number of rotatable bonds is 4. The summed E-state index contributed by atoms with van der Waals surface area (Å²) in [5.74, 6) is 0.207. The van der Waals surface area contributed by atoms with E-state index in [4.69, 9.17) is 0 Å². The Balaban J connectivity index is 2.84. The van der Waals surface area contributed by atoms with Crippen LogP contribution in [0.3, 0.4) is 0 Å². The first-order chi connectivity index (χ1) is 6.66. The van der Waals surface area contributed by atoms with Crippen LogP contribution in [0.25, 0.3) is 0 Å². The quantitative estimate of drug-likeness (QED) is 0.680. The molecule has 1 rings (SSSR count). The van der Waals surface area contributed by atoms with Crippen molar-refractivity contribution in [1.29, 1.82) is 0 Å². The molecule has 1 atom stereocenters. The monoisotopic (exact) mass is 191 g/mol. The fourth-order valence-electron chi connectivity index (χ4n) is 1.58. The summed E-state index contributed by atoms with van der Waals surface area (Å²) in [5, 5.41) is 0. The summed E-state index contributed by atoms with van der Waals surface area (Å²) in [6.45, 7) is 2.03. The van der Waals surface area contributed by atoms with Crippen molar-refractivity contribution >= 4 is 5.78 Å². The molecule has 0 fully saturated rings. The fraction of sp³-hybridized carbons (Fsp3) is 0.417. The van der Waals surface area contributed by atoms with Gasteiger partial charge in [0.25, 0.3) is 0 Å². The van der Waals surface area contributed by atoms with Crippen molar-refractivity contribution < 1.29 is 4.79 Å². The van der Waals surface area contributed by atoms with Gasteiger partial charge in [0.2, 0.25) is 0 Å². The molecular formula is C12H17NO. The molecule has 0 aliphatic heterocycles. The van der Waals surface area contributed by atoms with Gasteiger partial charge in [-0.15, -0.1) is 0 Å². The van der Waals surface area contributed by atoms with Crippen molar-refractivity contribution in [3.63, 3.8) is 0 Å². The first-order valence-electron chi connectivity index (χ1n) is 4.92. The highest BCUT2D eigenvalue weighted by Crippen LogP contribution is 2.09. The second kappa shape index (κ2) is 4.91. The maximum Gasteiger partial charge on any atom is 0.179 e. The predicted octanol–water partition coefficient (Wildman–Crippen LogP) is 2.21. The highest BCUT2D eigenvalue weighted by Gasteiger charge is 2.19. The molecule has 14 heavy (non-hydrogen) atoms. The lowest BCUT2D eigenvalue weighted by molar-refractivity contribution is 0.0871. The summed E-state index contributed by atoms with van der Waals surface area (Å²) in [7, 11) is 3.88. The van der Waals surface area contributed by atoms with Gasteiger partial charge in [-0.2, -0.15) is 0 Å². The molecule has 0 bridgehead atoms. The zero-order valence-electron chi connectivity index (χ0n) is 9.03. The SMILES string of the molecule is CCC(C(=O)c1ccccc1)N(C)C. The number of ketones is 1. The molecule has 2 heteroatoms. The van der Waals surface area contributed by atoms with E-state index < -0.39 is 0 Å². The Labute approximate surface area is 85.5 Å². The Morgan fingerprint density at radius 1 is 1.29 bits per heavy atom. The normalized spacial score (nSPS) is 12.9. The van der Waals surface area contributed by atoms with Crippen LogP contribution in [0.4, 0.5) is 0 Å². The van der Waals surface area contributed by atoms with Gasteiger partial charge in [0.15, 0.2) is 5.78 Å². The molecule has 0 amide bonds. The van der Waals surface area contributed by atoms with E-state index in [1.54, 1.807) is 0 Å². The van der Waals surface area contributed by atoms with Gasteiger partial charge in [-0.25, -0.2) is 0 Å². The molecule has 1 aromatic rings. The largest absolute Gasteiger partial charge is 0.299 e. The third-order valence-corrected chi connectivity index (χ3v) is 2.37. The second-order valence-electron chi connectivity index (χ2n) is 3.62. The molecule has 1 unspecified atom stereocenters. The van der Waals surface area contributed by atoms with Crippen LogP contribution >= 0.6 is 0 Å². The van der Waals surface area contributed by atoms with E-state index in [2.05, 4.69) is 0 Å². The van der Waals surface area contributed by atoms with E-state index in [1.807, 2.05) is 56.3 Å². The number of benzene rings is 1. The van der Waals surface area contributed by atoms with Gasteiger partial charge in [0.1, 0.15) is 0 Å². The van der Waals surface area contributed by atoms with Crippen molar-refractivity contribution in [3.05, 3.63) is 35.9 Å². The minimum Gasteiger partial charge on any atom is -0.299 e. The van der Waals surface area contributed by atoms with Crippen LogP contribution in [0.15, 0.2) is 30.3 Å². The highest BCUT2D eigenvalue weighted by atomic mass is 16.1. The summed E-state index contributed by atoms with van der Waals surface area (Å²) in [6.07, 6.45) is 0.848. The van der Waals surface area contributed by atoms with Crippen LogP contribution in [0.2, 0.25) is 0 Å². The number of carbonyl (C=O) groups is 1. The third-order valence-electron chi connectivity index (χ3n) is 2.37. The highest BCUT2D eigenvalue weighted by molar-refractivity contribution is 5.99. The van der Waals surface area contributed by atoms with E-state index in [-0.39, 0.29) is 11.8 Å². The topological polar surface area (TPSA) is 20.3 Å². The van der Waals surface area contributed by atoms with Gasteiger partial charge >= 0.3 is 0 Å². The Morgan fingerprint density at radius 3 is 2.29 bits per heavy atom. The smallest absolute Gasteiger partial charge is 0.179 e. The van der Waals surface area contributed by atoms with Gasteiger partial charge in [0, 0.05) is 5.56 Å². The molecule has 0 spiro atoms. The Kier molecular flexibility index (Phi) is 3.84. The van der Waals surface area contributed by atoms with Crippen LogP contribution in [-0.2, 0) is 0 Å². The molecule has 76 valence electrons. The standard InChI is InChI=1S/C12H17NO/c1-4-11(13(2)3)12(14)10-8-6-5-7-9-10/h5-9,11H,4H2,1-3H3. The Morgan fingerprint density at radius 2 is 1.86 bits per heavy atom. The molecule has 0 aromatic heterocycles. The molecule has 2 nitrogen and oxygen atoms in total. The van der Waals surface area contributed by atoms with E-state index in [0.717, 1.165) is 12.0 Å². The van der Waals surface area contributed by atoms with Crippen LogP contribution < -0.4 is 0 Å². The molecular weight excluding hydrogens is 174 g/mol. The Bertz CT molecular complexity index is 292. The average molecular weight is 191 g/mol. The first kappa shape index (κ1) is 10.9. The zero-order valence-corrected chi connectivity index (χ0v) is 9.03. The molecule has 1 aromatic carbocycles. The van der Waals surface area contributed by atoms with Crippen molar-refractivity contribution in [2.45, 2.75) is 19.4 Å². The summed E-state index contributed by atoms with van der Waals surface area (Å²) in [5.41, 5.74) is 0.799. The number of hydrogen-bond acceptors (Lipinski definition) is 2. The maximum absolute atomic E-state index is 12.0.